The number of aliphatic hydroxyl groups is 1. The Labute approximate surface area is 286 Å². The fourth-order valence-electron chi connectivity index (χ4n) is 4.36. The first kappa shape index (κ1) is 42.3. The number of halogens is 6. The molecule has 1 aromatic carbocycles. The lowest BCUT2D eigenvalue weighted by Crippen LogP contribution is -2.60. The number of carbonyl (C=O) groups excluding carboxylic acids is 5. The minimum atomic E-state index is -5.97. The minimum Gasteiger partial charge on any atom is -0.486 e. The van der Waals surface area contributed by atoms with E-state index in [0.717, 1.165) is 30.9 Å². The lowest BCUT2D eigenvalue weighted by Gasteiger charge is -2.30. The van der Waals surface area contributed by atoms with Gasteiger partial charge in [-0.1, -0.05) is 0 Å². The third kappa shape index (κ3) is 12.8. The summed E-state index contributed by atoms with van der Waals surface area (Å²) in [5.74, 6) is -11.1. The third-order valence-corrected chi connectivity index (χ3v) is 7.08. The van der Waals surface area contributed by atoms with Crippen molar-refractivity contribution in [1.82, 2.24) is 21.3 Å². The molecule has 0 spiro atoms. The zero-order valence-corrected chi connectivity index (χ0v) is 27.4. The van der Waals surface area contributed by atoms with Gasteiger partial charge in [0.25, 0.3) is 5.91 Å². The molecule has 0 saturated carbocycles. The van der Waals surface area contributed by atoms with E-state index in [0.29, 0.717) is 0 Å². The SMILES string of the molecule is CC(=O)N[C@@H](CCC(=O)NCCOC(=O)OCCN1C(=O)[C@@H](NC[C@](C)(O)C(=O)NCC(F)(F)C(F)(F)F)[C@@H](C)Oc2ccc(F)cc21)C(=O)O. The van der Waals surface area contributed by atoms with Crippen molar-refractivity contribution in [3.05, 3.63) is 24.0 Å². The Bertz CT molecular complexity index is 1450. The molecule has 0 aromatic heterocycles. The van der Waals surface area contributed by atoms with E-state index in [1.165, 1.54) is 18.3 Å². The Morgan fingerprint density at radius 1 is 1.04 bits per heavy atom. The number of nitrogens with zero attached hydrogens (tertiary/aromatic N) is 1. The average molecular weight is 746 g/mol. The summed E-state index contributed by atoms with van der Waals surface area (Å²) >= 11 is 0. The maximum absolute atomic E-state index is 14.2. The maximum atomic E-state index is 14.2. The highest BCUT2D eigenvalue weighted by Gasteiger charge is 2.57. The van der Waals surface area contributed by atoms with Crippen molar-refractivity contribution in [3.8, 4) is 5.75 Å². The summed E-state index contributed by atoms with van der Waals surface area (Å²) in [6, 6.07) is 0.436. The number of carboxylic acids is 1. The lowest BCUT2D eigenvalue weighted by molar-refractivity contribution is -0.279. The van der Waals surface area contributed by atoms with Gasteiger partial charge in [-0.2, -0.15) is 22.0 Å². The highest BCUT2D eigenvalue weighted by molar-refractivity contribution is 5.99. The van der Waals surface area contributed by atoms with Gasteiger partial charge in [0.2, 0.25) is 17.7 Å². The number of carbonyl (C=O) groups is 6. The lowest BCUT2D eigenvalue weighted by atomic mass is 10.0. The van der Waals surface area contributed by atoms with Gasteiger partial charge in [0, 0.05) is 26.0 Å². The molecular formula is C29H37F6N5O11. The van der Waals surface area contributed by atoms with Crippen molar-refractivity contribution in [1.29, 1.82) is 0 Å². The van der Waals surface area contributed by atoms with Crippen molar-refractivity contribution in [2.24, 2.45) is 0 Å². The van der Waals surface area contributed by atoms with Gasteiger partial charge < -0.3 is 45.3 Å². The second-order valence-corrected chi connectivity index (χ2v) is 11.4. The third-order valence-electron chi connectivity index (χ3n) is 7.08. The maximum Gasteiger partial charge on any atom is 0.508 e. The molecule has 1 heterocycles. The van der Waals surface area contributed by atoms with E-state index < -0.39 is 104 Å². The van der Waals surface area contributed by atoms with Gasteiger partial charge in [0.15, 0.2) is 5.60 Å². The summed E-state index contributed by atoms with van der Waals surface area (Å²) in [5, 5.41) is 28.0. The van der Waals surface area contributed by atoms with E-state index in [2.05, 4.69) is 16.0 Å². The molecule has 0 aliphatic carbocycles. The minimum absolute atomic E-state index is 0.00879. The van der Waals surface area contributed by atoms with Gasteiger partial charge in [0.1, 0.15) is 43.0 Å². The van der Waals surface area contributed by atoms with Crippen molar-refractivity contribution in [2.45, 2.75) is 69.5 Å². The fraction of sp³-hybridized carbons (Fsp3) is 0.586. The Hall–Kier alpha value is -4.86. The molecule has 0 radical (unpaired) electrons. The van der Waals surface area contributed by atoms with Gasteiger partial charge in [-0.15, -0.1) is 0 Å². The summed E-state index contributed by atoms with van der Waals surface area (Å²) in [7, 11) is 0. The van der Waals surface area contributed by atoms with Gasteiger partial charge in [-0.25, -0.2) is 14.0 Å². The van der Waals surface area contributed by atoms with Gasteiger partial charge in [-0.05, 0) is 32.4 Å². The standard InChI is InChI=1S/C29H37F6N5O11/c1-15-22(37-13-27(3,48)25(46)38-14-28(31,32)29(33,34)35)23(43)40(19-12-17(30)4-6-20(19)51-15)9-11-50-26(47)49-10-8-36-21(42)7-5-18(24(44)45)39-16(2)41/h4,6,12,15,18,22,37,48H,5,7-11,13-14H2,1-3H3,(H,36,42)(H,38,46)(H,39,41)(H,44,45)/t15-,18+,22+,27+/m1/s1. The average Bonchev–Trinajstić information content (AvgIpc) is 3.11. The predicted molar refractivity (Wildman–Crippen MR) is 160 cm³/mol. The molecule has 286 valence electrons. The van der Waals surface area contributed by atoms with Crippen LogP contribution >= 0.6 is 0 Å². The first-order valence-corrected chi connectivity index (χ1v) is 15.1. The molecule has 2 rings (SSSR count). The molecule has 51 heavy (non-hydrogen) atoms. The molecule has 0 bridgehead atoms. The fourth-order valence-corrected chi connectivity index (χ4v) is 4.36. The second kappa shape index (κ2) is 17.9. The van der Waals surface area contributed by atoms with E-state index in [9.17, 15) is 60.2 Å². The van der Waals surface area contributed by atoms with Gasteiger partial charge in [-0.3, -0.25) is 24.5 Å². The molecule has 1 aromatic rings. The van der Waals surface area contributed by atoms with Crippen molar-refractivity contribution < 1.29 is 79.5 Å². The van der Waals surface area contributed by atoms with Gasteiger partial charge in [0.05, 0.1) is 25.3 Å². The summed E-state index contributed by atoms with van der Waals surface area (Å²) in [5.41, 5.74) is -2.73. The van der Waals surface area contributed by atoms with Crippen LogP contribution in [0.2, 0.25) is 0 Å². The monoisotopic (exact) mass is 745 g/mol. The Balaban J connectivity index is 1.97. The van der Waals surface area contributed by atoms with Crippen LogP contribution in [0.25, 0.3) is 0 Å². The highest BCUT2D eigenvalue weighted by Crippen LogP contribution is 2.35. The molecule has 1 aliphatic heterocycles. The van der Waals surface area contributed by atoms with Gasteiger partial charge >= 0.3 is 24.2 Å². The van der Waals surface area contributed by atoms with Crippen molar-refractivity contribution in [3.63, 3.8) is 0 Å². The topological polar surface area (TPSA) is 222 Å². The van der Waals surface area contributed by atoms with Crippen LogP contribution in [0.4, 0.5) is 36.8 Å². The van der Waals surface area contributed by atoms with E-state index in [1.54, 1.807) is 0 Å². The number of fused-ring (bicyclic) bond motifs is 1. The first-order chi connectivity index (χ1) is 23.6. The predicted octanol–water partition coefficient (Wildman–Crippen LogP) is 0.602. The highest BCUT2D eigenvalue weighted by atomic mass is 19.4. The van der Waals surface area contributed by atoms with Crippen LogP contribution in [0.5, 0.6) is 5.75 Å². The largest absolute Gasteiger partial charge is 0.508 e. The molecule has 16 nitrogen and oxygen atoms in total. The number of amides is 4. The normalized spacial score (nSPS) is 17.8. The van der Waals surface area contributed by atoms with Crippen molar-refractivity contribution in [2.75, 3.05) is 44.3 Å². The molecule has 6 N–H and O–H groups in total. The number of alkyl halides is 5. The zero-order chi connectivity index (χ0) is 38.7. The number of carboxylic acid groups (broad SMARTS) is 1. The number of benzene rings is 1. The molecule has 0 saturated heterocycles. The molecular weight excluding hydrogens is 708 g/mol. The number of nitrogens with one attached hydrogen (secondary N) is 4. The Kier molecular flexibility index (Phi) is 14.8. The number of anilines is 1. The second-order valence-electron chi connectivity index (χ2n) is 11.4. The van der Waals surface area contributed by atoms with Crippen LogP contribution < -0.4 is 30.9 Å². The summed E-state index contributed by atoms with van der Waals surface area (Å²) in [6.45, 7) is -1.27. The summed E-state index contributed by atoms with van der Waals surface area (Å²) < 4.78 is 93.6. The number of aliphatic carboxylic acids is 1. The number of hydrogen-bond donors (Lipinski definition) is 6. The van der Waals surface area contributed by atoms with E-state index in [4.69, 9.17) is 19.3 Å². The molecule has 0 unspecified atom stereocenters. The summed E-state index contributed by atoms with van der Waals surface area (Å²) in [4.78, 5) is 73.1. The van der Waals surface area contributed by atoms with Crippen LogP contribution in [0, 0.1) is 5.82 Å². The quantitative estimate of drug-likeness (QED) is 0.0734. The van der Waals surface area contributed by atoms with Crippen LogP contribution in [0.15, 0.2) is 18.2 Å². The van der Waals surface area contributed by atoms with E-state index >= 15 is 0 Å². The van der Waals surface area contributed by atoms with Crippen LogP contribution in [0.1, 0.15) is 33.6 Å². The van der Waals surface area contributed by atoms with E-state index in [1.807, 2.05) is 0 Å². The molecule has 22 heteroatoms. The molecule has 1 aliphatic rings. The Morgan fingerprint density at radius 2 is 1.69 bits per heavy atom. The Morgan fingerprint density at radius 3 is 2.29 bits per heavy atom. The van der Waals surface area contributed by atoms with E-state index in [-0.39, 0.29) is 37.4 Å². The zero-order valence-electron chi connectivity index (χ0n) is 27.4. The van der Waals surface area contributed by atoms with Crippen molar-refractivity contribution >= 4 is 41.4 Å². The number of hydrogen-bond acceptors (Lipinski definition) is 11. The summed E-state index contributed by atoms with van der Waals surface area (Å²) in [6.07, 6.45) is -8.76. The first-order valence-electron chi connectivity index (χ1n) is 15.1. The number of ether oxygens (including phenoxy) is 3. The van der Waals surface area contributed by atoms with Crippen LogP contribution in [0.3, 0.4) is 0 Å². The smallest absolute Gasteiger partial charge is 0.486 e. The molecule has 0 fully saturated rings. The molecule has 4 atom stereocenters. The van der Waals surface area contributed by atoms with Crippen LogP contribution in [-0.2, 0) is 33.4 Å². The number of rotatable bonds is 17. The molecule has 4 amide bonds. The van der Waals surface area contributed by atoms with Crippen LogP contribution in [-0.4, -0.2) is 121 Å².